The smallest absolute Gasteiger partial charge is 0.254 e. The molecule has 0 aromatic heterocycles. The van der Waals surface area contributed by atoms with Gasteiger partial charge in [0, 0.05) is 18.2 Å². The number of carbonyl (C=O) groups excluding carboxylic acids is 1. The minimum absolute atomic E-state index is 0.0914. The quantitative estimate of drug-likeness (QED) is 0.710. The van der Waals surface area contributed by atoms with E-state index in [1.54, 1.807) is 4.90 Å². The molecule has 1 aromatic rings. The molecule has 2 heteroatoms. The van der Waals surface area contributed by atoms with Crippen LogP contribution in [0.3, 0.4) is 0 Å². The molecule has 0 unspecified atom stereocenters. The number of hydrogen-bond donors (Lipinski definition) is 0. The first-order chi connectivity index (χ1) is 7.23. The molecule has 0 fully saturated rings. The molecule has 0 bridgehead atoms. The highest BCUT2D eigenvalue weighted by atomic mass is 16.2. The third-order valence-electron chi connectivity index (χ3n) is 2.93. The van der Waals surface area contributed by atoms with Crippen LogP contribution in [0.5, 0.6) is 0 Å². The highest BCUT2D eigenvalue weighted by Gasteiger charge is 2.24. The maximum Gasteiger partial charge on any atom is 0.254 e. The molecule has 16 heavy (non-hydrogen) atoms. The molecule has 0 heterocycles. The molecule has 1 aromatic carbocycles. The Labute approximate surface area is 98.3 Å². The van der Waals surface area contributed by atoms with Crippen LogP contribution in [-0.2, 0) is 0 Å². The standard InChI is InChI=1S/C14H21NO/c1-10-7-8-11(2)12(9-10)13(16)15(6)14(3,4)5/h7-9H,1-6H3. The van der Waals surface area contributed by atoms with Gasteiger partial charge in [0.2, 0.25) is 0 Å². The summed E-state index contributed by atoms with van der Waals surface area (Å²) >= 11 is 0. The summed E-state index contributed by atoms with van der Waals surface area (Å²) in [7, 11) is 1.85. The Bertz CT molecular complexity index is 402. The molecule has 2 nitrogen and oxygen atoms in total. The summed E-state index contributed by atoms with van der Waals surface area (Å²) in [4.78, 5) is 14.1. The molecule has 88 valence electrons. The van der Waals surface area contributed by atoms with Crippen molar-refractivity contribution in [3.63, 3.8) is 0 Å². The molecule has 0 atom stereocenters. The molecule has 0 aliphatic carbocycles. The first-order valence-corrected chi connectivity index (χ1v) is 5.59. The first-order valence-electron chi connectivity index (χ1n) is 5.59. The summed E-state index contributed by atoms with van der Waals surface area (Å²) in [5.41, 5.74) is 2.81. The van der Waals surface area contributed by atoms with Crippen LogP contribution < -0.4 is 0 Å². The van der Waals surface area contributed by atoms with Crippen LogP contribution in [0, 0.1) is 13.8 Å². The maximum absolute atomic E-state index is 12.3. The Morgan fingerprint density at radius 3 is 2.25 bits per heavy atom. The maximum atomic E-state index is 12.3. The van der Waals surface area contributed by atoms with Gasteiger partial charge in [0.25, 0.3) is 5.91 Å². The number of carbonyl (C=O) groups is 1. The van der Waals surface area contributed by atoms with Gasteiger partial charge in [-0.15, -0.1) is 0 Å². The lowest BCUT2D eigenvalue weighted by Crippen LogP contribution is -2.42. The van der Waals surface area contributed by atoms with E-state index in [9.17, 15) is 4.79 Å². The van der Waals surface area contributed by atoms with Gasteiger partial charge in [0.05, 0.1) is 0 Å². The minimum atomic E-state index is -0.146. The van der Waals surface area contributed by atoms with Gasteiger partial charge in [-0.1, -0.05) is 17.7 Å². The second kappa shape index (κ2) is 4.28. The zero-order valence-corrected chi connectivity index (χ0v) is 11.1. The van der Waals surface area contributed by atoms with E-state index in [-0.39, 0.29) is 11.4 Å². The Balaban J connectivity index is 3.10. The van der Waals surface area contributed by atoms with Crippen molar-refractivity contribution in [3.05, 3.63) is 34.9 Å². The molecule has 0 saturated heterocycles. The molecule has 1 amide bonds. The lowest BCUT2D eigenvalue weighted by atomic mass is 10.0. The van der Waals surface area contributed by atoms with Gasteiger partial charge in [0.1, 0.15) is 0 Å². The third kappa shape index (κ3) is 2.63. The molecule has 0 spiro atoms. The molecule has 1 rings (SSSR count). The Hall–Kier alpha value is -1.31. The number of hydrogen-bond acceptors (Lipinski definition) is 1. The SMILES string of the molecule is Cc1ccc(C)c(C(=O)N(C)C(C)(C)C)c1. The molecular formula is C14H21NO. The van der Waals surface area contributed by atoms with Gasteiger partial charge >= 0.3 is 0 Å². The van der Waals surface area contributed by atoms with E-state index in [0.29, 0.717) is 0 Å². The van der Waals surface area contributed by atoms with Gasteiger partial charge in [-0.05, 0) is 46.2 Å². The van der Waals surface area contributed by atoms with Gasteiger partial charge in [0.15, 0.2) is 0 Å². The summed E-state index contributed by atoms with van der Waals surface area (Å²) in [5.74, 6) is 0.0914. The van der Waals surface area contributed by atoms with Gasteiger partial charge < -0.3 is 4.90 Å². The van der Waals surface area contributed by atoms with E-state index < -0.39 is 0 Å². The number of aryl methyl sites for hydroxylation is 2. The van der Waals surface area contributed by atoms with Crippen molar-refractivity contribution in [2.75, 3.05) is 7.05 Å². The van der Waals surface area contributed by atoms with Crippen LogP contribution in [0.4, 0.5) is 0 Å². The second-order valence-corrected chi connectivity index (χ2v) is 5.35. The van der Waals surface area contributed by atoms with Crippen molar-refractivity contribution in [2.45, 2.75) is 40.2 Å². The largest absolute Gasteiger partial charge is 0.337 e. The zero-order valence-electron chi connectivity index (χ0n) is 11.1. The highest BCUT2D eigenvalue weighted by Crippen LogP contribution is 2.18. The lowest BCUT2D eigenvalue weighted by molar-refractivity contribution is 0.0655. The normalized spacial score (nSPS) is 11.4. The molecule has 0 N–H and O–H groups in total. The van der Waals surface area contributed by atoms with E-state index in [1.807, 2.05) is 59.9 Å². The number of nitrogens with zero attached hydrogens (tertiary/aromatic N) is 1. The van der Waals surface area contributed by atoms with Crippen molar-refractivity contribution in [2.24, 2.45) is 0 Å². The van der Waals surface area contributed by atoms with E-state index in [1.165, 1.54) is 0 Å². The van der Waals surface area contributed by atoms with Crippen molar-refractivity contribution in [3.8, 4) is 0 Å². The second-order valence-electron chi connectivity index (χ2n) is 5.35. The van der Waals surface area contributed by atoms with E-state index >= 15 is 0 Å². The van der Waals surface area contributed by atoms with Crippen molar-refractivity contribution in [1.82, 2.24) is 4.90 Å². The summed E-state index contributed by atoms with van der Waals surface area (Å²) in [6.07, 6.45) is 0. The third-order valence-corrected chi connectivity index (χ3v) is 2.93. The zero-order chi connectivity index (χ0) is 12.5. The van der Waals surface area contributed by atoms with E-state index in [2.05, 4.69) is 0 Å². The summed E-state index contributed by atoms with van der Waals surface area (Å²) in [6.45, 7) is 10.1. The van der Waals surface area contributed by atoms with E-state index in [0.717, 1.165) is 16.7 Å². The van der Waals surface area contributed by atoms with Crippen LogP contribution >= 0.6 is 0 Å². The number of benzene rings is 1. The average Bonchev–Trinajstić information content (AvgIpc) is 2.18. The van der Waals surface area contributed by atoms with Crippen molar-refractivity contribution in [1.29, 1.82) is 0 Å². The van der Waals surface area contributed by atoms with Crippen LogP contribution in [0.15, 0.2) is 18.2 Å². The summed E-state index contributed by atoms with van der Waals surface area (Å²) in [5, 5.41) is 0. The van der Waals surface area contributed by atoms with Gasteiger partial charge in [-0.25, -0.2) is 0 Å². The molecule has 0 radical (unpaired) electrons. The summed E-state index contributed by atoms with van der Waals surface area (Å²) < 4.78 is 0. The average molecular weight is 219 g/mol. The van der Waals surface area contributed by atoms with E-state index in [4.69, 9.17) is 0 Å². The van der Waals surface area contributed by atoms with Crippen LogP contribution in [0.1, 0.15) is 42.3 Å². The van der Waals surface area contributed by atoms with Gasteiger partial charge in [-0.2, -0.15) is 0 Å². The van der Waals surface area contributed by atoms with Crippen molar-refractivity contribution >= 4 is 5.91 Å². The monoisotopic (exact) mass is 219 g/mol. The van der Waals surface area contributed by atoms with Crippen LogP contribution in [0.2, 0.25) is 0 Å². The van der Waals surface area contributed by atoms with Crippen LogP contribution in [-0.4, -0.2) is 23.4 Å². The number of amides is 1. The Morgan fingerprint density at radius 1 is 1.19 bits per heavy atom. The van der Waals surface area contributed by atoms with Gasteiger partial charge in [-0.3, -0.25) is 4.79 Å². The fraction of sp³-hybridized carbons (Fsp3) is 0.500. The molecule has 0 aliphatic rings. The number of rotatable bonds is 1. The fourth-order valence-electron chi connectivity index (χ4n) is 1.45. The lowest BCUT2D eigenvalue weighted by Gasteiger charge is -2.32. The Morgan fingerprint density at radius 2 is 1.75 bits per heavy atom. The predicted octanol–water partition coefficient (Wildman–Crippen LogP) is 3.17. The highest BCUT2D eigenvalue weighted by molar-refractivity contribution is 5.96. The topological polar surface area (TPSA) is 20.3 Å². The minimum Gasteiger partial charge on any atom is -0.337 e. The fourth-order valence-corrected chi connectivity index (χ4v) is 1.45. The van der Waals surface area contributed by atoms with Crippen molar-refractivity contribution < 1.29 is 4.79 Å². The first kappa shape index (κ1) is 12.8. The predicted molar refractivity (Wildman–Crippen MR) is 67.8 cm³/mol. The summed E-state index contributed by atoms with van der Waals surface area (Å²) in [6, 6.07) is 5.99. The molecule has 0 aliphatic heterocycles. The Kier molecular flexibility index (Phi) is 3.41. The van der Waals surface area contributed by atoms with Crippen LogP contribution in [0.25, 0.3) is 0 Å². The molecular weight excluding hydrogens is 198 g/mol. The molecule has 0 saturated carbocycles.